The van der Waals surface area contributed by atoms with Crippen LogP contribution in [0.15, 0.2) is 72.8 Å². The average molecular weight is 429 g/mol. The zero-order valence-corrected chi connectivity index (χ0v) is 17.8. The van der Waals surface area contributed by atoms with Crippen LogP contribution in [-0.4, -0.2) is 24.5 Å². The number of anilines is 2. The summed E-state index contributed by atoms with van der Waals surface area (Å²) >= 11 is 0. The van der Waals surface area contributed by atoms with Gasteiger partial charge in [0.1, 0.15) is 11.5 Å². The van der Waals surface area contributed by atoms with Gasteiger partial charge in [-0.05, 0) is 86.6 Å². The molecule has 7 heteroatoms. The largest absolute Gasteiger partial charge is 0.494 e. The number of nitrogens with zero attached hydrogens (tertiary/aromatic N) is 1. The van der Waals surface area contributed by atoms with Gasteiger partial charge in [0, 0.05) is 16.9 Å². The van der Waals surface area contributed by atoms with Crippen LogP contribution in [0.1, 0.15) is 29.8 Å². The first kappa shape index (κ1) is 22.4. The number of hydrogen-bond acceptors (Lipinski definition) is 5. The lowest BCUT2D eigenvalue weighted by Crippen LogP contribution is -2.30. The number of ether oxygens (including phenoxy) is 2. The zero-order chi connectivity index (χ0) is 22.9. The van der Waals surface area contributed by atoms with Gasteiger partial charge in [0.05, 0.1) is 18.2 Å². The molecule has 0 saturated carbocycles. The van der Waals surface area contributed by atoms with E-state index >= 15 is 0 Å². The molecule has 0 aliphatic rings. The maximum absolute atomic E-state index is 12.4. The average Bonchev–Trinajstić information content (AvgIpc) is 2.81. The molecule has 3 aromatic carbocycles. The van der Waals surface area contributed by atoms with Crippen LogP contribution < -0.4 is 20.1 Å². The topological polar surface area (TPSA) is 100 Å². The SMILES string of the molecule is CCOc1ccc(NC(=O)c2ccc(NC(=O)C(C)Oc3ccc(C#N)cc3)cc2)cc1. The van der Waals surface area contributed by atoms with Crippen LogP contribution in [0, 0.1) is 11.3 Å². The lowest BCUT2D eigenvalue weighted by atomic mass is 10.2. The minimum atomic E-state index is -0.745. The summed E-state index contributed by atoms with van der Waals surface area (Å²) in [5.41, 5.74) is 2.17. The molecule has 0 bridgehead atoms. The predicted octanol–water partition coefficient (Wildman–Crippen LogP) is 4.62. The van der Waals surface area contributed by atoms with E-state index in [2.05, 4.69) is 10.6 Å². The van der Waals surface area contributed by atoms with Crippen molar-refractivity contribution in [2.24, 2.45) is 0 Å². The highest BCUT2D eigenvalue weighted by atomic mass is 16.5. The fourth-order valence-electron chi connectivity index (χ4n) is 2.82. The third-order valence-corrected chi connectivity index (χ3v) is 4.50. The summed E-state index contributed by atoms with van der Waals surface area (Å²) in [5, 5.41) is 14.4. The lowest BCUT2D eigenvalue weighted by Gasteiger charge is -2.15. The molecule has 1 unspecified atom stereocenters. The number of carbonyl (C=O) groups is 2. The van der Waals surface area contributed by atoms with Crippen molar-refractivity contribution in [3.05, 3.63) is 83.9 Å². The molecule has 0 saturated heterocycles. The summed E-state index contributed by atoms with van der Waals surface area (Å²) < 4.78 is 11.0. The summed E-state index contributed by atoms with van der Waals surface area (Å²) in [6, 6.07) is 22.2. The van der Waals surface area contributed by atoms with Crippen LogP contribution in [0.4, 0.5) is 11.4 Å². The molecule has 2 N–H and O–H groups in total. The molecule has 0 fully saturated rings. The Labute approximate surface area is 186 Å². The quantitative estimate of drug-likeness (QED) is 0.544. The molecule has 0 aromatic heterocycles. The number of carbonyl (C=O) groups excluding carboxylic acids is 2. The van der Waals surface area contributed by atoms with E-state index in [1.54, 1.807) is 79.7 Å². The van der Waals surface area contributed by atoms with E-state index in [0.29, 0.717) is 34.9 Å². The number of amides is 2. The van der Waals surface area contributed by atoms with Crippen molar-refractivity contribution in [3.8, 4) is 17.6 Å². The van der Waals surface area contributed by atoms with Gasteiger partial charge in [-0.25, -0.2) is 0 Å². The molecule has 0 aliphatic carbocycles. The Kier molecular flexibility index (Phi) is 7.44. The highest BCUT2D eigenvalue weighted by molar-refractivity contribution is 6.04. The van der Waals surface area contributed by atoms with Gasteiger partial charge in [-0.2, -0.15) is 5.26 Å². The van der Waals surface area contributed by atoms with Gasteiger partial charge >= 0.3 is 0 Å². The van der Waals surface area contributed by atoms with E-state index in [1.807, 2.05) is 13.0 Å². The standard InChI is InChI=1S/C25H23N3O4/c1-3-31-22-14-10-21(11-15-22)28-25(30)19-6-8-20(9-7-19)27-24(29)17(2)32-23-12-4-18(16-26)5-13-23/h4-15,17H,3H2,1-2H3,(H,27,29)(H,28,30). The van der Waals surface area contributed by atoms with E-state index < -0.39 is 6.10 Å². The zero-order valence-electron chi connectivity index (χ0n) is 17.8. The van der Waals surface area contributed by atoms with Gasteiger partial charge in [0.15, 0.2) is 6.10 Å². The first-order valence-electron chi connectivity index (χ1n) is 10.1. The van der Waals surface area contributed by atoms with Crippen LogP contribution in [0.3, 0.4) is 0 Å². The second kappa shape index (κ2) is 10.6. The first-order chi connectivity index (χ1) is 15.5. The summed E-state index contributed by atoms with van der Waals surface area (Å²) in [4.78, 5) is 24.8. The van der Waals surface area contributed by atoms with Gasteiger partial charge in [0.2, 0.25) is 0 Å². The van der Waals surface area contributed by atoms with Crippen LogP contribution in [0.2, 0.25) is 0 Å². The number of benzene rings is 3. The Bertz CT molecular complexity index is 1100. The second-order valence-electron chi connectivity index (χ2n) is 6.87. The minimum Gasteiger partial charge on any atom is -0.494 e. The van der Waals surface area contributed by atoms with Gasteiger partial charge in [-0.1, -0.05) is 0 Å². The molecule has 0 heterocycles. The van der Waals surface area contributed by atoms with Gasteiger partial charge in [-0.3, -0.25) is 9.59 Å². The number of rotatable bonds is 8. The molecule has 0 spiro atoms. The molecule has 2 amide bonds. The number of nitriles is 1. The first-order valence-corrected chi connectivity index (χ1v) is 10.1. The minimum absolute atomic E-state index is 0.260. The van der Waals surface area contributed by atoms with E-state index in [0.717, 1.165) is 5.75 Å². The fraction of sp³-hybridized carbons (Fsp3) is 0.160. The molecular formula is C25H23N3O4. The summed E-state index contributed by atoms with van der Waals surface area (Å²) in [6.45, 7) is 4.12. The van der Waals surface area contributed by atoms with Crippen molar-refractivity contribution in [1.82, 2.24) is 0 Å². The maximum Gasteiger partial charge on any atom is 0.265 e. The molecular weight excluding hydrogens is 406 g/mol. The summed E-state index contributed by atoms with van der Waals surface area (Å²) in [6.07, 6.45) is -0.745. The van der Waals surface area contributed by atoms with Crippen molar-refractivity contribution in [2.75, 3.05) is 17.2 Å². The van der Waals surface area contributed by atoms with Crippen molar-refractivity contribution >= 4 is 23.2 Å². The number of hydrogen-bond donors (Lipinski definition) is 2. The third kappa shape index (κ3) is 6.09. The Balaban J connectivity index is 1.54. The molecule has 3 aromatic rings. The maximum atomic E-state index is 12.4. The molecule has 162 valence electrons. The van der Waals surface area contributed by atoms with Crippen LogP contribution in [-0.2, 0) is 4.79 Å². The van der Waals surface area contributed by atoms with Gasteiger partial charge in [-0.15, -0.1) is 0 Å². The molecule has 7 nitrogen and oxygen atoms in total. The van der Waals surface area contributed by atoms with E-state index in [4.69, 9.17) is 14.7 Å². The Morgan fingerprint density at radius 1 is 0.875 bits per heavy atom. The monoisotopic (exact) mass is 429 g/mol. The van der Waals surface area contributed by atoms with Gasteiger partial charge < -0.3 is 20.1 Å². The van der Waals surface area contributed by atoms with Crippen LogP contribution in [0.25, 0.3) is 0 Å². The Morgan fingerprint density at radius 2 is 1.44 bits per heavy atom. The summed E-state index contributed by atoms with van der Waals surface area (Å²) in [5.74, 6) is 0.640. The van der Waals surface area contributed by atoms with Crippen molar-refractivity contribution in [3.63, 3.8) is 0 Å². The lowest BCUT2D eigenvalue weighted by molar-refractivity contribution is -0.122. The van der Waals surface area contributed by atoms with E-state index in [9.17, 15) is 9.59 Å². The van der Waals surface area contributed by atoms with Crippen LogP contribution >= 0.6 is 0 Å². The smallest absolute Gasteiger partial charge is 0.265 e. The fourth-order valence-corrected chi connectivity index (χ4v) is 2.82. The second-order valence-corrected chi connectivity index (χ2v) is 6.87. The van der Waals surface area contributed by atoms with E-state index in [-0.39, 0.29) is 11.8 Å². The molecule has 0 aliphatic heterocycles. The Morgan fingerprint density at radius 3 is 2.03 bits per heavy atom. The Hall–Kier alpha value is -4.31. The number of nitrogens with one attached hydrogen (secondary N) is 2. The molecule has 32 heavy (non-hydrogen) atoms. The predicted molar refractivity (Wildman–Crippen MR) is 122 cm³/mol. The highest BCUT2D eigenvalue weighted by Crippen LogP contribution is 2.18. The highest BCUT2D eigenvalue weighted by Gasteiger charge is 2.15. The van der Waals surface area contributed by atoms with Crippen molar-refractivity contribution in [2.45, 2.75) is 20.0 Å². The van der Waals surface area contributed by atoms with Crippen LogP contribution in [0.5, 0.6) is 11.5 Å². The van der Waals surface area contributed by atoms with Crippen molar-refractivity contribution < 1.29 is 19.1 Å². The van der Waals surface area contributed by atoms with Crippen molar-refractivity contribution in [1.29, 1.82) is 5.26 Å². The van der Waals surface area contributed by atoms with Gasteiger partial charge in [0.25, 0.3) is 11.8 Å². The molecule has 3 rings (SSSR count). The third-order valence-electron chi connectivity index (χ3n) is 4.50. The van der Waals surface area contributed by atoms with E-state index in [1.165, 1.54) is 0 Å². The molecule has 0 radical (unpaired) electrons. The summed E-state index contributed by atoms with van der Waals surface area (Å²) in [7, 11) is 0. The molecule has 1 atom stereocenters. The normalized spacial score (nSPS) is 11.0.